The van der Waals surface area contributed by atoms with E-state index in [1.807, 2.05) is 0 Å². The van der Waals surface area contributed by atoms with Crippen LogP contribution in [0.2, 0.25) is 0 Å². The molecule has 0 unspecified atom stereocenters. The average molecular weight is 516 g/mol. The summed E-state index contributed by atoms with van der Waals surface area (Å²) in [7, 11) is -4.08. The van der Waals surface area contributed by atoms with Crippen LogP contribution in [0.1, 0.15) is 78.6 Å². The van der Waals surface area contributed by atoms with E-state index in [1.165, 1.54) is 0 Å². The molecule has 0 aromatic rings. The smallest absolute Gasteiger partial charge is 0.266 e. The van der Waals surface area contributed by atoms with Crippen LogP contribution < -0.4 is 5.32 Å². The van der Waals surface area contributed by atoms with Crippen molar-refractivity contribution < 1.29 is 33.1 Å². The second kappa shape index (κ2) is 9.86. The summed E-state index contributed by atoms with van der Waals surface area (Å²) in [5.74, 6) is 0.781. The molecule has 0 bridgehead atoms. The number of amides is 1. The van der Waals surface area contributed by atoms with Gasteiger partial charge < -0.3 is 20.6 Å². The number of rotatable bonds is 7. The molecule has 4 saturated carbocycles. The predicted molar refractivity (Wildman–Crippen MR) is 132 cm³/mol. The van der Waals surface area contributed by atoms with E-state index in [4.69, 9.17) is 4.55 Å². The summed E-state index contributed by atoms with van der Waals surface area (Å²) in [6, 6.07) is 0. The van der Waals surface area contributed by atoms with Crippen LogP contribution in [0.25, 0.3) is 0 Å². The van der Waals surface area contributed by atoms with Crippen LogP contribution >= 0.6 is 0 Å². The van der Waals surface area contributed by atoms with Gasteiger partial charge in [-0.15, -0.1) is 0 Å². The Morgan fingerprint density at radius 2 is 1.63 bits per heavy atom. The maximum atomic E-state index is 12.2. The largest absolute Gasteiger partial charge is 0.393 e. The highest BCUT2D eigenvalue weighted by molar-refractivity contribution is 7.85. The first kappa shape index (κ1) is 27.3. The van der Waals surface area contributed by atoms with Crippen molar-refractivity contribution in [2.45, 2.75) is 96.9 Å². The molecule has 0 aromatic heterocycles. The first-order chi connectivity index (χ1) is 16.3. The van der Waals surface area contributed by atoms with Gasteiger partial charge in [0.05, 0.1) is 24.1 Å². The van der Waals surface area contributed by atoms with Crippen molar-refractivity contribution in [2.75, 3.05) is 12.3 Å². The zero-order valence-electron chi connectivity index (χ0n) is 21.4. The van der Waals surface area contributed by atoms with Crippen molar-refractivity contribution in [3.05, 3.63) is 0 Å². The van der Waals surface area contributed by atoms with Gasteiger partial charge in [0.2, 0.25) is 5.91 Å². The maximum Gasteiger partial charge on any atom is 0.266 e. The van der Waals surface area contributed by atoms with Gasteiger partial charge in [-0.2, -0.15) is 8.42 Å². The van der Waals surface area contributed by atoms with E-state index in [-0.39, 0.29) is 41.2 Å². The Morgan fingerprint density at radius 1 is 0.971 bits per heavy atom. The minimum absolute atomic E-state index is 0.0479. The van der Waals surface area contributed by atoms with Gasteiger partial charge in [0.1, 0.15) is 0 Å². The van der Waals surface area contributed by atoms with Crippen LogP contribution in [0.4, 0.5) is 0 Å². The van der Waals surface area contributed by atoms with E-state index in [2.05, 4.69) is 26.1 Å². The third-order valence-electron chi connectivity index (χ3n) is 11.0. The molecule has 4 aliphatic carbocycles. The zero-order chi connectivity index (χ0) is 25.8. The van der Waals surface area contributed by atoms with E-state index in [0.29, 0.717) is 42.9 Å². The Kier molecular flexibility index (Phi) is 7.69. The summed E-state index contributed by atoms with van der Waals surface area (Å²) >= 11 is 0. The number of fused-ring (bicyclic) bond motifs is 5. The molecule has 0 aliphatic heterocycles. The number of hydrogen-bond donors (Lipinski definition) is 5. The maximum absolute atomic E-state index is 12.2. The van der Waals surface area contributed by atoms with Crippen LogP contribution in [0.3, 0.4) is 0 Å². The first-order valence-corrected chi connectivity index (χ1v) is 15.1. The monoisotopic (exact) mass is 515 g/mol. The number of nitrogens with one attached hydrogen (secondary N) is 1. The van der Waals surface area contributed by atoms with Gasteiger partial charge in [-0.25, -0.2) is 0 Å². The lowest BCUT2D eigenvalue weighted by Crippen LogP contribution is -2.64. The SMILES string of the molecule is C[C@H](CCC(=O)NCCS(=O)(=O)O)[C@H]1CC[C@H]2[C@@H]3[C@H](O)[C@@H](O)[C@@H]4C[C@H](O)CC[C@]4(C)[C@H]3CC[C@]12C. The molecule has 4 rings (SSSR count). The van der Waals surface area contributed by atoms with Crippen LogP contribution in [-0.2, 0) is 14.9 Å². The highest BCUT2D eigenvalue weighted by Gasteiger charge is 2.65. The molecule has 8 nitrogen and oxygen atoms in total. The summed E-state index contributed by atoms with van der Waals surface area (Å²) in [6.45, 7) is 6.75. The number of carbonyl (C=O) groups excluding carboxylic acids is 1. The number of aliphatic hydroxyl groups is 3. The fraction of sp³-hybridized carbons (Fsp3) is 0.962. The highest BCUT2D eigenvalue weighted by atomic mass is 32.2. The van der Waals surface area contributed by atoms with E-state index in [1.54, 1.807) is 0 Å². The minimum Gasteiger partial charge on any atom is -0.393 e. The summed E-state index contributed by atoms with van der Waals surface area (Å²) in [4.78, 5) is 12.2. The van der Waals surface area contributed by atoms with Crippen molar-refractivity contribution >= 4 is 16.0 Å². The van der Waals surface area contributed by atoms with Crippen molar-refractivity contribution in [1.29, 1.82) is 0 Å². The van der Waals surface area contributed by atoms with Gasteiger partial charge in [0.15, 0.2) is 0 Å². The Bertz CT molecular complexity index is 896. The van der Waals surface area contributed by atoms with E-state index in [9.17, 15) is 28.5 Å². The fourth-order valence-corrected chi connectivity index (χ4v) is 9.54. The third kappa shape index (κ3) is 5.05. The van der Waals surface area contributed by atoms with Crippen molar-refractivity contribution in [2.24, 2.45) is 46.3 Å². The van der Waals surface area contributed by atoms with Crippen molar-refractivity contribution in [1.82, 2.24) is 5.32 Å². The Hall–Kier alpha value is -0.740. The highest BCUT2D eigenvalue weighted by Crippen LogP contribution is 2.68. The molecule has 4 aliphatic rings. The molecule has 1 amide bonds. The molecule has 0 saturated heterocycles. The quantitative estimate of drug-likeness (QED) is 0.327. The lowest BCUT2D eigenvalue weighted by Gasteiger charge is -2.63. The molecular weight excluding hydrogens is 470 g/mol. The Balaban J connectivity index is 1.42. The topological polar surface area (TPSA) is 144 Å². The fourth-order valence-electron chi connectivity index (χ4n) is 9.18. The van der Waals surface area contributed by atoms with E-state index < -0.39 is 28.1 Å². The number of aliphatic hydroxyl groups excluding tert-OH is 3. The second-order valence-electron chi connectivity index (χ2n) is 12.7. The molecular formula is C26H45NO7S. The molecule has 202 valence electrons. The van der Waals surface area contributed by atoms with Crippen LogP contribution in [0.5, 0.6) is 0 Å². The molecule has 0 heterocycles. The molecule has 35 heavy (non-hydrogen) atoms. The molecule has 11 atom stereocenters. The zero-order valence-corrected chi connectivity index (χ0v) is 22.2. The van der Waals surface area contributed by atoms with Gasteiger partial charge in [-0.1, -0.05) is 20.8 Å². The molecule has 4 fully saturated rings. The third-order valence-corrected chi connectivity index (χ3v) is 11.7. The number of hydrogen-bond acceptors (Lipinski definition) is 6. The van der Waals surface area contributed by atoms with Gasteiger partial charge in [-0.3, -0.25) is 9.35 Å². The molecule has 9 heteroatoms. The number of carbonyl (C=O) groups is 1. The Labute approximate surface area is 210 Å². The van der Waals surface area contributed by atoms with Crippen molar-refractivity contribution in [3.63, 3.8) is 0 Å². The van der Waals surface area contributed by atoms with Gasteiger partial charge in [-0.05, 0) is 97.7 Å². The van der Waals surface area contributed by atoms with Gasteiger partial charge in [0.25, 0.3) is 10.1 Å². The van der Waals surface area contributed by atoms with Crippen LogP contribution in [0.15, 0.2) is 0 Å². The van der Waals surface area contributed by atoms with E-state index >= 15 is 0 Å². The summed E-state index contributed by atoms with van der Waals surface area (Å²) in [5, 5.41) is 35.4. The predicted octanol–water partition coefficient (Wildman–Crippen LogP) is 2.37. The first-order valence-electron chi connectivity index (χ1n) is 13.5. The normalized spacial score (nSPS) is 46.3. The molecule has 5 N–H and O–H groups in total. The minimum atomic E-state index is -4.08. The standard InChI is InChI=1S/C26H45NO7S/c1-15(4-7-21(29)27-12-13-35(32,33)34)17-5-6-18-22-19(9-11-25(17,18)2)26(3)10-8-16(28)14-20(26)23(30)24(22)31/h15-20,22-24,28,30-31H,4-14H2,1-3H3,(H,27,29)(H,32,33,34)/t15-,16-,17-,18+,19+,20+,22+,23+,24+,25-,26-/m1/s1. The molecule has 0 aromatic carbocycles. The average Bonchev–Trinajstić information content (AvgIpc) is 3.13. The van der Waals surface area contributed by atoms with Crippen molar-refractivity contribution in [3.8, 4) is 0 Å². The Morgan fingerprint density at radius 3 is 2.31 bits per heavy atom. The lowest BCUT2D eigenvalue weighted by molar-refractivity contribution is -0.223. The summed E-state index contributed by atoms with van der Waals surface area (Å²) < 4.78 is 30.5. The second-order valence-corrected chi connectivity index (χ2v) is 14.3. The molecule has 0 spiro atoms. The lowest BCUT2D eigenvalue weighted by atomic mass is 9.43. The van der Waals surface area contributed by atoms with E-state index in [0.717, 1.165) is 38.5 Å². The van der Waals surface area contributed by atoms with Gasteiger partial charge in [0, 0.05) is 13.0 Å². The van der Waals surface area contributed by atoms with Gasteiger partial charge >= 0.3 is 0 Å². The summed E-state index contributed by atoms with van der Waals surface area (Å²) in [6.07, 6.45) is 5.54. The summed E-state index contributed by atoms with van der Waals surface area (Å²) in [5.41, 5.74) is 0.00776. The van der Waals surface area contributed by atoms with Crippen LogP contribution in [0, 0.1) is 46.3 Å². The van der Waals surface area contributed by atoms with Crippen LogP contribution in [-0.4, -0.2) is 64.8 Å². The molecule has 0 radical (unpaired) electrons.